The number of carbonyl (C=O) groups excluding carboxylic acids is 1. The Kier molecular flexibility index (Phi) is 6.24. The van der Waals surface area contributed by atoms with Gasteiger partial charge in [-0.2, -0.15) is 0 Å². The van der Waals surface area contributed by atoms with Crippen LogP contribution in [0, 0.1) is 6.92 Å². The zero-order valence-corrected chi connectivity index (χ0v) is 17.4. The number of nitrogens with zero attached hydrogens (tertiary/aromatic N) is 4. The van der Waals surface area contributed by atoms with E-state index in [4.69, 9.17) is 0 Å². The number of nitrogens with one attached hydrogen (secondary N) is 1. The monoisotopic (exact) mass is 407 g/mol. The van der Waals surface area contributed by atoms with Crippen molar-refractivity contribution in [3.63, 3.8) is 0 Å². The molecular formula is C22H25N5OS. The lowest BCUT2D eigenvalue weighted by Crippen LogP contribution is -2.17. The Labute approximate surface area is 175 Å². The number of anilines is 1. The van der Waals surface area contributed by atoms with Gasteiger partial charge in [0.05, 0.1) is 5.75 Å². The maximum absolute atomic E-state index is 12.4. The van der Waals surface area contributed by atoms with E-state index in [1.54, 1.807) is 6.20 Å². The second-order valence-corrected chi connectivity index (χ2v) is 8.36. The summed E-state index contributed by atoms with van der Waals surface area (Å²) in [6.45, 7) is 2.03. The molecule has 0 spiro atoms. The van der Waals surface area contributed by atoms with E-state index in [0.717, 1.165) is 35.1 Å². The van der Waals surface area contributed by atoms with Crippen molar-refractivity contribution in [1.82, 2.24) is 19.7 Å². The number of benzene rings is 1. The van der Waals surface area contributed by atoms with E-state index in [0.29, 0.717) is 11.8 Å². The van der Waals surface area contributed by atoms with Gasteiger partial charge in [-0.1, -0.05) is 48.7 Å². The molecule has 1 aliphatic carbocycles. The third-order valence-electron chi connectivity index (χ3n) is 5.19. The fourth-order valence-electron chi connectivity index (χ4n) is 3.70. The fourth-order valence-corrected chi connectivity index (χ4v) is 4.51. The molecule has 150 valence electrons. The minimum atomic E-state index is -0.0417. The van der Waals surface area contributed by atoms with Gasteiger partial charge in [0.1, 0.15) is 0 Å². The minimum absolute atomic E-state index is 0.0417. The number of thioether (sulfide) groups is 1. The molecule has 7 heteroatoms. The van der Waals surface area contributed by atoms with Crippen molar-refractivity contribution in [3.8, 4) is 11.4 Å². The van der Waals surface area contributed by atoms with Gasteiger partial charge in [0.25, 0.3) is 0 Å². The molecule has 0 bridgehead atoms. The average Bonchev–Trinajstić information content (AvgIpc) is 3.19. The van der Waals surface area contributed by atoms with E-state index >= 15 is 0 Å². The first-order valence-electron chi connectivity index (χ1n) is 10.1. The first-order chi connectivity index (χ1) is 14.2. The lowest BCUT2D eigenvalue weighted by molar-refractivity contribution is -0.113. The molecular weight excluding hydrogens is 382 g/mol. The van der Waals surface area contributed by atoms with Crippen molar-refractivity contribution in [2.45, 2.75) is 50.2 Å². The molecule has 4 rings (SSSR count). The predicted octanol–water partition coefficient (Wildman–Crippen LogP) is 4.88. The summed E-state index contributed by atoms with van der Waals surface area (Å²) in [5.41, 5.74) is 2.94. The summed E-state index contributed by atoms with van der Waals surface area (Å²) in [6, 6.07) is 12.1. The van der Waals surface area contributed by atoms with E-state index in [2.05, 4.69) is 25.1 Å². The van der Waals surface area contributed by atoms with Gasteiger partial charge in [-0.3, -0.25) is 14.3 Å². The summed E-state index contributed by atoms with van der Waals surface area (Å²) in [5, 5.41) is 12.6. The van der Waals surface area contributed by atoms with Crippen molar-refractivity contribution in [3.05, 3.63) is 54.4 Å². The second-order valence-electron chi connectivity index (χ2n) is 7.41. The third-order valence-corrected chi connectivity index (χ3v) is 6.13. The zero-order chi connectivity index (χ0) is 20.1. The SMILES string of the molecule is Cc1ccc(NC(=O)CSc2nnc(-c3cccnc3)n2C2CCCCC2)cc1. The van der Waals surface area contributed by atoms with Crippen molar-refractivity contribution in [1.29, 1.82) is 0 Å². The van der Waals surface area contributed by atoms with Gasteiger partial charge in [0.2, 0.25) is 5.91 Å². The van der Waals surface area contributed by atoms with Crippen LogP contribution in [0.2, 0.25) is 0 Å². The quantitative estimate of drug-likeness (QED) is 0.589. The maximum Gasteiger partial charge on any atom is 0.234 e. The molecule has 0 unspecified atom stereocenters. The fraction of sp³-hybridized carbons (Fsp3) is 0.364. The highest BCUT2D eigenvalue weighted by molar-refractivity contribution is 7.99. The second kappa shape index (κ2) is 9.22. The molecule has 1 aromatic carbocycles. The summed E-state index contributed by atoms with van der Waals surface area (Å²) in [7, 11) is 0. The summed E-state index contributed by atoms with van der Waals surface area (Å²) in [5.74, 6) is 1.09. The predicted molar refractivity (Wildman–Crippen MR) is 116 cm³/mol. The molecule has 0 radical (unpaired) electrons. The van der Waals surface area contributed by atoms with E-state index in [1.165, 1.54) is 36.6 Å². The lowest BCUT2D eigenvalue weighted by atomic mass is 9.95. The van der Waals surface area contributed by atoms with Gasteiger partial charge in [-0.25, -0.2) is 0 Å². The Hall–Kier alpha value is -2.67. The van der Waals surface area contributed by atoms with Crippen LogP contribution in [0.1, 0.15) is 43.7 Å². The van der Waals surface area contributed by atoms with Crippen LogP contribution in [-0.2, 0) is 4.79 Å². The molecule has 2 heterocycles. The number of carbonyl (C=O) groups is 1. The number of amides is 1. The van der Waals surface area contributed by atoms with Crippen LogP contribution < -0.4 is 5.32 Å². The van der Waals surface area contributed by atoms with Crippen LogP contribution in [0.15, 0.2) is 53.9 Å². The molecule has 1 N–H and O–H groups in total. The van der Waals surface area contributed by atoms with Crippen LogP contribution in [0.3, 0.4) is 0 Å². The molecule has 1 fully saturated rings. The van der Waals surface area contributed by atoms with Crippen LogP contribution in [0.4, 0.5) is 5.69 Å². The molecule has 3 aromatic rings. The van der Waals surface area contributed by atoms with Crippen LogP contribution in [0.25, 0.3) is 11.4 Å². The largest absolute Gasteiger partial charge is 0.325 e. The van der Waals surface area contributed by atoms with Gasteiger partial charge in [0, 0.05) is 29.7 Å². The van der Waals surface area contributed by atoms with Gasteiger partial charge < -0.3 is 5.32 Å². The summed E-state index contributed by atoms with van der Waals surface area (Å²) in [6.07, 6.45) is 9.53. The molecule has 0 saturated heterocycles. The van der Waals surface area contributed by atoms with Gasteiger partial charge in [-0.15, -0.1) is 10.2 Å². The molecule has 29 heavy (non-hydrogen) atoms. The smallest absolute Gasteiger partial charge is 0.234 e. The highest BCUT2D eigenvalue weighted by atomic mass is 32.2. The molecule has 0 atom stereocenters. The van der Waals surface area contributed by atoms with Crippen LogP contribution in [-0.4, -0.2) is 31.4 Å². The van der Waals surface area contributed by atoms with Crippen LogP contribution in [0.5, 0.6) is 0 Å². The number of hydrogen-bond acceptors (Lipinski definition) is 5. The molecule has 0 aliphatic heterocycles. The molecule has 6 nitrogen and oxygen atoms in total. The van der Waals surface area contributed by atoms with Crippen molar-refractivity contribution < 1.29 is 4.79 Å². The number of rotatable bonds is 6. The summed E-state index contributed by atoms with van der Waals surface area (Å²) >= 11 is 1.44. The minimum Gasteiger partial charge on any atom is -0.325 e. The van der Waals surface area contributed by atoms with E-state index < -0.39 is 0 Å². The average molecular weight is 408 g/mol. The van der Waals surface area contributed by atoms with E-state index in [-0.39, 0.29) is 5.91 Å². The number of pyridine rings is 1. The van der Waals surface area contributed by atoms with E-state index in [1.807, 2.05) is 49.5 Å². The lowest BCUT2D eigenvalue weighted by Gasteiger charge is -2.25. The third kappa shape index (κ3) is 4.85. The van der Waals surface area contributed by atoms with Crippen molar-refractivity contribution >= 4 is 23.4 Å². The molecule has 1 saturated carbocycles. The Balaban J connectivity index is 1.51. The first-order valence-corrected chi connectivity index (χ1v) is 11.0. The Bertz CT molecular complexity index is 949. The van der Waals surface area contributed by atoms with Crippen molar-refractivity contribution in [2.24, 2.45) is 0 Å². The van der Waals surface area contributed by atoms with E-state index in [9.17, 15) is 4.79 Å². The zero-order valence-electron chi connectivity index (χ0n) is 16.5. The summed E-state index contributed by atoms with van der Waals surface area (Å²) in [4.78, 5) is 16.7. The Morgan fingerprint density at radius 1 is 1.14 bits per heavy atom. The maximum atomic E-state index is 12.4. The number of hydrogen-bond donors (Lipinski definition) is 1. The van der Waals surface area contributed by atoms with Gasteiger partial charge in [0.15, 0.2) is 11.0 Å². The molecule has 1 amide bonds. The normalized spacial score (nSPS) is 14.7. The summed E-state index contributed by atoms with van der Waals surface area (Å²) < 4.78 is 2.22. The highest BCUT2D eigenvalue weighted by Gasteiger charge is 2.24. The van der Waals surface area contributed by atoms with Gasteiger partial charge in [-0.05, 0) is 44.0 Å². The Morgan fingerprint density at radius 3 is 2.66 bits per heavy atom. The van der Waals surface area contributed by atoms with Crippen LogP contribution >= 0.6 is 11.8 Å². The number of aromatic nitrogens is 4. The van der Waals surface area contributed by atoms with Crippen molar-refractivity contribution in [2.75, 3.05) is 11.1 Å². The molecule has 2 aromatic heterocycles. The standard InChI is InChI=1S/C22H25N5OS/c1-16-9-11-18(12-10-16)24-20(28)15-29-22-26-25-21(17-6-5-13-23-14-17)27(22)19-7-3-2-4-8-19/h5-6,9-14,19H,2-4,7-8,15H2,1H3,(H,24,28). The topological polar surface area (TPSA) is 72.7 Å². The first kappa shape index (κ1) is 19.6. The number of aryl methyl sites for hydroxylation is 1. The molecule has 1 aliphatic rings. The Morgan fingerprint density at radius 2 is 1.93 bits per heavy atom. The van der Waals surface area contributed by atoms with Gasteiger partial charge >= 0.3 is 0 Å². The highest BCUT2D eigenvalue weighted by Crippen LogP contribution is 2.35.